The van der Waals surface area contributed by atoms with Gasteiger partial charge in [0.2, 0.25) is 0 Å². The molecule has 0 atom stereocenters. The molecule has 0 spiro atoms. The SMILES string of the molecule is CCOC(=O)Cn1c(=NC(=O)/C=C/c2ccccc2Cl)sc2cc(C(=O)OCC)ccc21. The van der Waals surface area contributed by atoms with Gasteiger partial charge in [0, 0.05) is 11.1 Å². The monoisotopic (exact) mass is 472 g/mol. The summed E-state index contributed by atoms with van der Waals surface area (Å²) in [5.41, 5.74) is 1.71. The lowest BCUT2D eigenvalue weighted by Gasteiger charge is -2.06. The lowest BCUT2D eigenvalue weighted by molar-refractivity contribution is -0.143. The second kappa shape index (κ2) is 10.9. The Hall–Kier alpha value is -3.23. The molecule has 0 saturated carbocycles. The highest BCUT2D eigenvalue weighted by Crippen LogP contribution is 2.20. The van der Waals surface area contributed by atoms with Crippen molar-refractivity contribution in [3.8, 4) is 0 Å². The smallest absolute Gasteiger partial charge is 0.338 e. The fourth-order valence-corrected chi connectivity index (χ4v) is 4.16. The first kappa shape index (κ1) is 23.4. The van der Waals surface area contributed by atoms with Crippen molar-refractivity contribution in [3.05, 3.63) is 69.5 Å². The molecule has 0 aliphatic carbocycles. The average Bonchev–Trinajstić information content (AvgIpc) is 3.09. The lowest BCUT2D eigenvalue weighted by Crippen LogP contribution is -2.22. The van der Waals surface area contributed by atoms with Gasteiger partial charge in [0.25, 0.3) is 5.91 Å². The number of ether oxygens (including phenoxy) is 2. The van der Waals surface area contributed by atoms with Gasteiger partial charge in [-0.2, -0.15) is 4.99 Å². The van der Waals surface area contributed by atoms with Gasteiger partial charge in [0.15, 0.2) is 4.80 Å². The van der Waals surface area contributed by atoms with Gasteiger partial charge in [-0.3, -0.25) is 9.59 Å². The van der Waals surface area contributed by atoms with Crippen LogP contribution in [0.3, 0.4) is 0 Å². The van der Waals surface area contributed by atoms with Crippen molar-refractivity contribution < 1.29 is 23.9 Å². The van der Waals surface area contributed by atoms with E-state index in [4.69, 9.17) is 21.1 Å². The largest absolute Gasteiger partial charge is 0.465 e. The van der Waals surface area contributed by atoms with Crippen LogP contribution in [0.15, 0.2) is 53.5 Å². The van der Waals surface area contributed by atoms with Crippen LogP contribution < -0.4 is 4.80 Å². The number of carbonyl (C=O) groups excluding carboxylic acids is 3. The first-order chi connectivity index (χ1) is 15.4. The summed E-state index contributed by atoms with van der Waals surface area (Å²) in [5.74, 6) is -1.42. The number of nitrogens with zero attached hydrogens (tertiary/aromatic N) is 2. The van der Waals surface area contributed by atoms with Crippen molar-refractivity contribution in [2.24, 2.45) is 4.99 Å². The van der Waals surface area contributed by atoms with Crippen LogP contribution in [0.2, 0.25) is 5.02 Å². The summed E-state index contributed by atoms with van der Waals surface area (Å²) in [4.78, 5) is 41.2. The fourth-order valence-electron chi connectivity index (χ4n) is 2.89. The van der Waals surface area contributed by atoms with Crippen molar-refractivity contribution in [1.29, 1.82) is 0 Å². The standard InChI is InChI=1S/C23H21ClN2O5S/c1-3-30-21(28)14-26-18-11-9-16(22(29)31-4-2)13-19(18)32-23(26)25-20(27)12-10-15-7-5-6-8-17(15)24/h5-13H,3-4,14H2,1-2H3/b12-10+,25-23?. The highest BCUT2D eigenvalue weighted by Gasteiger charge is 2.14. The second-order valence-corrected chi connectivity index (χ2v) is 7.90. The molecule has 1 heterocycles. The third-order valence-corrected chi connectivity index (χ3v) is 5.69. The van der Waals surface area contributed by atoms with Crippen LogP contribution in [0.5, 0.6) is 0 Å². The van der Waals surface area contributed by atoms with E-state index < -0.39 is 17.8 Å². The van der Waals surface area contributed by atoms with Crippen LogP contribution in [0, 0.1) is 0 Å². The molecule has 0 bridgehead atoms. The number of carbonyl (C=O) groups is 3. The van der Waals surface area contributed by atoms with Crippen molar-refractivity contribution in [1.82, 2.24) is 4.57 Å². The Labute approximate surface area is 193 Å². The van der Waals surface area contributed by atoms with E-state index >= 15 is 0 Å². The number of fused-ring (bicyclic) bond motifs is 1. The predicted octanol–water partition coefficient (Wildman–Crippen LogP) is 4.24. The fraction of sp³-hybridized carbons (Fsp3) is 0.217. The molecule has 0 saturated heterocycles. The average molecular weight is 473 g/mol. The summed E-state index contributed by atoms with van der Waals surface area (Å²) in [6, 6.07) is 12.1. The lowest BCUT2D eigenvalue weighted by atomic mass is 10.2. The third-order valence-electron chi connectivity index (χ3n) is 4.30. The molecule has 0 aliphatic heterocycles. The predicted molar refractivity (Wildman–Crippen MR) is 123 cm³/mol. The number of aromatic nitrogens is 1. The van der Waals surface area contributed by atoms with E-state index in [-0.39, 0.29) is 19.8 Å². The van der Waals surface area contributed by atoms with Gasteiger partial charge in [-0.25, -0.2) is 4.79 Å². The number of esters is 2. The van der Waals surface area contributed by atoms with E-state index in [0.717, 1.165) is 0 Å². The van der Waals surface area contributed by atoms with Crippen molar-refractivity contribution >= 4 is 57.1 Å². The highest BCUT2D eigenvalue weighted by molar-refractivity contribution is 7.16. The molecular weight excluding hydrogens is 452 g/mol. The van der Waals surface area contributed by atoms with Gasteiger partial charge in [-0.15, -0.1) is 0 Å². The molecule has 3 aromatic rings. The van der Waals surface area contributed by atoms with Gasteiger partial charge in [-0.1, -0.05) is 41.1 Å². The quantitative estimate of drug-likeness (QED) is 0.379. The molecule has 0 radical (unpaired) electrons. The molecule has 1 aromatic heterocycles. The maximum Gasteiger partial charge on any atom is 0.338 e. The molecule has 9 heteroatoms. The molecule has 32 heavy (non-hydrogen) atoms. The number of benzene rings is 2. The number of halogens is 1. The highest BCUT2D eigenvalue weighted by atomic mass is 35.5. The van der Waals surface area contributed by atoms with Crippen LogP contribution >= 0.6 is 22.9 Å². The van der Waals surface area contributed by atoms with E-state index in [9.17, 15) is 14.4 Å². The van der Waals surface area contributed by atoms with E-state index in [1.54, 1.807) is 60.9 Å². The maximum atomic E-state index is 12.5. The molecule has 2 aromatic carbocycles. The zero-order valence-corrected chi connectivity index (χ0v) is 19.1. The summed E-state index contributed by atoms with van der Waals surface area (Å²) >= 11 is 7.30. The Kier molecular flexibility index (Phi) is 7.97. The summed E-state index contributed by atoms with van der Waals surface area (Å²) in [6.45, 7) is 3.83. The summed E-state index contributed by atoms with van der Waals surface area (Å²) < 4.78 is 12.4. The summed E-state index contributed by atoms with van der Waals surface area (Å²) in [7, 11) is 0. The Bertz CT molecular complexity index is 1260. The molecule has 166 valence electrons. The summed E-state index contributed by atoms with van der Waals surface area (Å²) in [6.07, 6.45) is 2.89. The first-order valence-electron chi connectivity index (χ1n) is 9.90. The molecular formula is C23H21ClN2O5S. The topological polar surface area (TPSA) is 87.0 Å². The number of hydrogen-bond donors (Lipinski definition) is 0. The van der Waals surface area contributed by atoms with Crippen molar-refractivity contribution in [2.75, 3.05) is 13.2 Å². The second-order valence-electron chi connectivity index (χ2n) is 6.48. The van der Waals surface area contributed by atoms with Crippen LogP contribution in [0.4, 0.5) is 0 Å². The Morgan fingerprint density at radius 2 is 1.84 bits per heavy atom. The van der Waals surface area contributed by atoms with Gasteiger partial charge in [-0.05, 0) is 49.8 Å². The molecule has 3 rings (SSSR count). The van der Waals surface area contributed by atoms with Crippen molar-refractivity contribution in [3.63, 3.8) is 0 Å². The Morgan fingerprint density at radius 1 is 1.09 bits per heavy atom. The van der Waals surface area contributed by atoms with Gasteiger partial charge in [0.05, 0.1) is 29.0 Å². The molecule has 7 nitrogen and oxygen atoms in total. The van der Waals surface area contributed by atoms with Crippen molar-refractivity contribution in [2.45, 2.75) is 20.4 Å². The summed E-state index contributed by atoms with van der Waals surface area (Å²) in [5, 5.41) is 0.516. The molecule has 0 aliphatic rings. The van der Waals surface area contributed by atoms with Crippen LogP contribution in [-0.4, -0.2) is 35.6 Å². The van der Waals surface area contributed by atoms with Crippen LogP contribution in [0.1, 0.15) is 29.8 Å². The molecule has 1 amide bonds. The molecule has 0 fully saturated rings. The normalized spacial score (nSPS) is 11.8. The van der Waals surface area contributed by atoms with Gasteiger partial charge >= 0.3 is 11.9 Å². The Balaban J connectivity index is 2.02. The van der Waals surface area contributed by atoms with Gasteiger partial charge in [0.1, 0.15) is 6.54 Å². The van der Waals surface area contributed by atoms with E-state index in [1.165, 1.54) is 17.4 Å². The van der Waals surface area contributed by atoms with Crippen LogP contribution in [-0.2, 0) is 25.6 Å². The first-order valence-corrected chi connectivity index (χ1v) is 11.1. The minimum Gasteiger partial charge on any atom is -0.465 e. The minimum absolute atomic E-state index is 0.118. The molecule has 0 N–H and O–H groups in total. The van der Waals surface area contributed by atoms with Gasteiger partial charge < -0.3 is 14.0 Å². The molecule has 0 unspecified atom stereocenters. The Morgan fingerprint density at radius 3 is 2.56 bits per heavy atom. The number of amides is 1. The van der Waals surface area contributed by atoms with Crippen LogP contribution in [0.25, 0.3) is 16.3 Å². The number of rotatable bonds is 7. The van der Waals surface area contributed by atoms with E-state index in [2.05, 4.69) is 4.99 Å². The minimum atomic E-state index is -0.514. The zero-order chi connectivity index (χ0) is 23.1. The number of thiazole rings is 1. The third kappa shape index (κ3) is 5.72. The number of hydrogen-bond acceptors (Lipinski definition) is 6. The van der Waals surface area contributed by atoms with E-state index in [1.807, 2.05) is 6.07 Å². The zero-order valence-electron chi connectivity index (χ0n) is 17.5. The van der Waals surface area contributed by atoms with E-state index in [0.29, 0.717) is 31.2 Å². The maximum absolute atomic E-state index is 12.5.